The molecule has 24 heavy (non-hydrogen) atoms. The average molecular weight is 357 g/mol. The predicted octanol–water partition coefficient (Wildman–Crippen LogP) is 3.80. The maximum atomic E-state index is 13.2. The smallest absolute Gasteiger partial charge is 0.252 e. The number of aliphatic hydroxyl groups is 1. The van der Waals surface area contributed by atoms with Crippen molar-refractivity contribution in [1.82, 2.24) is 10.3 Å². The first-order valence-electron chi connectivity index (χ1n) is 7.85. The molecule has 0 radical (unpaired) electrons. The summed E-state index contributed by atoms with van der Waals surface area (Å²) in [6, 6.07) is 3.47. The van der Waals surface area contributed by atoms with E-state index in [1.807, 2.05) is 6.92 Å². The Morgan fingerprint density at radius 3 is 2.71 bits per heavy atom. The minimum atomic E-state index is -2.73. The van der Waals surface area contributed by atoms with Crippen molar-refractivity contribution in [2.24, 2.45) is 0 Å². The van der Waals surface area contributed by atoms with Gasteiger partial charge in [-0.3, -0.25) is 4.79 Å². The van der Waals surface area contributed by atoms with Crippen LogP contribution >= 0.6 is 11.6 Å². The standard InChI is InChI=1S/C17H19ClF2N2O2/c1-10-8-12(13(18)11-2-7-21-14(10)11)15(23)22-9-16(24)3-5-17(19,20)6-4-16/h2,7-8,21,24H,3-6,9H2,1H3,(H,22,23). The molecule has 0 saturated heterocycles. The van der Waals surface area contributed by atoms with Gasteiger partial charge in [0.25, 0.3) is 5.91 Å². The van der Waals surface area contributed by atoms with Crippen molar-refractivity contribution < 1.29 is 18.7 Å². The van der Waals surface area contributed by atoms with Gasteiger partial charge in [0.15, 0.2) is 0 Å². The van der Waals surface area contributed by atoms with E-state index >= 15 is 0 Å². The second-order valence-corrected chi connectivity index (χ2v) is 6.96. The van der Waals surface area contributed by atoms with E-state index in [-0.39, 0.29) is 32.2 Å². The fourth-order valence-corrected chi connectivity index (χ4v) is 3.44. The molecule has 0 spiro atoms. The summed E-state index contributed by atoms with van der Waals surface area (Å²) in [5, 5.41) is 14.1. The Bertz CT molecular complexity index is 778. The van der Waals surface area contributed by atoms with E-state index in [2.05, 4.69) is 10.3 Å². The molecule has 1 amide bonds. The maximum absolute atomic E-state index is 13.2. The Hall–Kier alpha value is -1.66. The molecule has 1 aliphatic rings. The van der Waals surface area contributed by atoms with Gasteiger partial charge in [-0.1, -0.05) is 11.6 Å². The first kappa shape index (κ1) is 17.2. The summed E-state index contributed by atoms with van der Waals surface area (Å²) < 4.78 is 26.4. The van der Waals surface area contributed by atoms with Crippen LogP contribution in [-0.4, -0.2) is 34.1 Å². The van der Waals surface area contributed by atoms with Gasteiger partial charge in [-0.25, -0.2) is 8.78 Å². The molecule has 1 fully saturated rings. The Kier molecular flexibility index (Phi) is 4.30. The van der Waals surface area contributed by atoms with Crippen LogP contribution in [0.4, 0.5) is 8.78 Å². The molecule has 1 saturated carbocycles. The molecule has 2 aromatic rings. The number of carbonyl (C=O) groups is 1. The SMILES string of the molecule is Cc1cc(C(=O)NCC2(O)CCC(F)(F)CC2)c(Cl)c2cc[nH]c12. The second kappa shape index (κ2) is 6.01. The van der Waals surface area contributed by atoms with Crippen LogP contribution in [0.1, 0.15) is 41.6 Å². The number of benzene rings is 1. The highest BCUT2D eigenvalue weighted by Crippen LogP contribution is 2.38. The van der Waals surface area contributed by atoms with Crippen molar-refractivity contribution in [3.8, 4) is 0 Å². The number of halogens is 3. The van der Waals surface area contributed by atoms with Gasteiger partial charge in [0.1, 0.15) is 0 Å². The lowest BCUT2D eigenvalue weighted by Crippen LogP contribution is -2.47. The number of nitrogens with one attached hydrogen (secondary N) is 2. The molecule has 0 aliphatic heterocycles. The number of fused-ring (bicyclic) bond motifs is 1. The predicted molar refractivity (Wildman–Crippen MR) is 88.7 cm³/mol. The molecule has 3 N–H and O–H groups in total. The fraction of sp³-hybridized carbons (Fsp3) is 0.471. The highest BCUT2D eigenvalue weighted by Gasteiger charge is 2.42. The molecule has 130 valence electrons. The molecule has 4 nitrogen and oxygen atoms in total. The summed E-state index contributed by atoms with van der Waals surface area (Å²) in [6.07, 6.45) is 0.938. The molecule has 3 rings (SSSR count). The van der Waals surface area contributed by atoms with Gasteiger partial charge in [-0.15, -0.1) is 0 Å². The molecule has 1 aliphatic carbocycles. The van der Waals surface area contributed by atoms with Crippen LogP contribution in [-0.2, 0) is 0 Å². The van der Waals surface area contributed by atoms with Crippen molar-refractivity contribution in [1.29, 1.82) is 0 Å². The molecule has 0 bridgehead atoms. The summed E-state index contributed by atoms with van der Waals surface area (Å²) >= 11 is 6.30. The third kappa shape index (κ3) is 3.26. The van der Waals surface area contributed by atoms with Gasteiger partial charge in [0, 0.05) is 36.5 Å². The highest BCUT2D eigenvalue weighted by atomic mass is 35.5. The lowest BCUT2D eigenvalue weighted by atomic mass is 9.82. The number of H-pyrrole nitrogens is 1. The van der Waals surface area contributed by atoms with Crippen LogP contribution in [0.2, 0.25) is 5.02 Å². The largest absolute Gasteiger partial charge is 0.388 e. The van der Waals surface area contributed by atoms with Crippen molar-refractivity contribution in [3.05, 3.63) is 34.5 Å². The first-order chi connectivity index (χ1) is 11.2. The zero-order valence-electron chi connectivity index (χ0n) is 13.3. The second-order valence-electron chi connectivity index (χ2n) is 6.58. The van der Waals surface area contributed by atoms with E-state index in [4.69, 9.17) is 11.6 Å². The Morgan fingerprint density at radius 1 is 1.38 bits per heavy atom. The van der Waals surface area contributed by atoms with Crippen LogP contribution in [0.25, 0.3) is 10.9 Å². The van der Waals surface area contributed by atoms with Gasteiger partial charge in [-0.2, -0.15) is 0 Å². The van der Waals surface area contributed by atoms with Crippen LogP contribution in [0.15, 0.2) is 18.3 Å². The van der Waals surface area contributed by atoms with Crippen LogP contribution in [0.3, 0.4) is 0 Å². The third-order valence-electron chi connectivity index (χ3n) is 4.71. The molecular formula is C17H19ClF2N2O2. The van der Waals surface area contributed by atoms with Gasteiger partial charge in [-0.05, 0) is 37.5 Å². The molecule has 1 aromatic heterocycles. The van der Waals surface area contributed by atoms with Gasteiger partial charge in [0.05, 0.1) is 16.2 Å². The quantitative estimate of drug-likeness (QED) is 0.783. The topological polar surface area (TPSA) is 65.1 Å². The van der Waals surface area contributed by atoms with E-state index in [1.54, 1.807) is 18.3 Å². The van der Waals surface area contributed by atoms with E-state index < -0.39 is 17.4 Å². The number of aromatic nitrogens is 1. The van der Waals surface area contributed by atoms with Crippen molar-refractivity contribution in [2.45, 2.75) is 44.1 Å². The van der Waals surface area contributed by atoms with Crippen LogP contribution in [0, 0.1) is 6.92 Å². The Balaban J connectivity index is 1.73. The summed E-state index contributed by atoms with van der Waals surface area (Å²) in [6.45, 7) is 1.80. The first-order valence-corrected chi connectivity index (χ1v) is 8.23. The average Bonchev–Trinajstić information content (AvgIpc) is 3.03. The summed E-state index contributed by atoms with van der Waals surface area (Å²) in [7, 11) is 0. The van der Waals surface area contributed by atoms with Crippen molar-refractivity contribution in [2.75, 3.05) is 6.54 Å². The minimum Gasteiger partial charge on any atom is -0.388 e. The number of alkyl halides is 2. The number of carbonyl (C=O) groups excluding carboxylic acids is 1. The van der Waals surface area contributed by atoms with Crippen molar-refractivity contribution in [3.63, 3.8) is 0 Å². The van der Waals surface area contributed by atoms with E-state index in [0.717, 1.165) is 16.5 Å². The van der Waals surface area contributed by atoms with Gasteiger partial charge < -0.3 is 15.4 Å². The summed E-state index contributed by atoms with van der Waals surface area (Å²) in [5.41, 5.74) is 0.758. The van der Waals surface area contributed by atoms with E-state index in [9.17, 15) is 18.7 Å². The number of amides is 1. The number of aryl methyl sites for hydroxylation is 1. The van der Waals surface area contributed by atoms with Crippen LogP contribution < -0.4 is 5.32 Å². The lowest BCUT2D eigenvalue weighted by molar-refractivity contribution is -0.101. The summed E-state index contributed by atoms with van der Waals surface area (Å²) in [5.74, 6) is -3.15. The number of hydrogen-bond acceptors (Lipinski definition) is 2. The zero-order chi connectivity index (χ0) is 17.5. The Labute approximate surface area is 143 Å². The normalized spacial score (nSPS) is 19.4. The maximum Gasteiger partial charge on any atom is 0.252 e. The van der Waals surface area contributed by atoms with Gasteiger partial charge in [0.2, 0.25) is 5.92 Å². The highest BCUT2D eigenvalue weighted by molar-refractivity contribution is 6.38. The van der Waals surface area contributed by atoms with E-state index in [1.165, 1.54) is 0 Å². The van der Waals surface area contributed by atoms with E-state index in [0.29, 0.717) is 10.6 Å². The monoisotopic (exact) mass is 356 g/mol. The molecule has 0 atom stereocenters. The molecule has 1 aromatic carbocycles. The molecule has 1 heterocycles. The number of hydrogen-bond donors (Lipinski definition) is 3. The molecule has 0 unspecified atom stereocenters. The van der Waals surface area contributed by atoms with Gasteiger partial charge >= 0.3 is 0 Å². The number of rotatable bonds is 3. The molecular weight excluding hydrogens is 338 g/mol. The van der Waals surface area contributed by atoms with Crippen LogP contribution in [0.5, 0.6) is 0 Å². The minimum absolute atomic E-state index is 0.0378. The third-order valence-corrected chi connectivity index (χ3v) is 5.12. The van der Waals surface area contributed by atoms with Crippen molar-refractivity contribution >= 4 is 28.4 Å². The number of aromatic amines is 1. The molecule has 7 heteroatoms. The fourth-order valence-electron chi connectivity index (χ4n) is 3.14. The lowest BCUT2D eigenvalue weighted by Gasteiger charge is -2.35. The Morgan fingerprint density at radius 2 is 2.04 bits per heavy atom. The zero-order valence-corrected chi connectivity index (χ0v) is 14.0. The summed E-state index contributed by atoms with van der Waals surface area (Å²) in [4.78, 5) is 15.5.